The molecule has 11 heteroatoms. The fraction of sp³-hybridized carbons (Fsp3) is 0.438. The number of pyridine rings is 1. The van der Waals surface area contributed by atoms with Crippen LogP contribution in [0.1, 0.15) is 28.8 Å². The molecule has 1 fully saturated rings. The summed E-state index contributed by atoms with van der Waals surface area (Å²) >= 11 is 2.04. The predicted octanol–water partition coefficient (Wildman–Crippen LogP) is 3.91. The first-order valence-corrected chi connectivity index (χ1v) is 9.82. The first kappa shape index (κ1) is 19.7. The first-order valence-electron chi connectivity index (χ1n) is 8.06. The van der Waals surface area contributed by atoms with Gasteiger partial charge in [-0.2, -0.15) is 13.2 Å². The molecule has 2 aromatic rings. The van der Waals surface area contributed by atoms with Crippen molar-refractivity contribution >= 4 is 45.3 Å². The lowest BCUT2D eigenvalue weighted by Crippen LogP contribution is -2.38. The summed E-state index contributed by atoms with van der Waals surface area (Å²) in [6, 6.07) is 1.01. The number of amides is 2. The highest BCUT2D eigenvalue weighted by molar-refractivity contribution is 7.99. The topological polar surface area (TPSA) is 82.5 Å². The maximum absolute atomic E-state index is 13.5. The van der Waals surface area contributed by atoms with Crippen molar-refractivity contribution in [1.82, 2.24) is 15.2 Å². The van der Waals surface area contributed by atoms with Crippen molar-refractivity contribution in [3.8, 4) is 0 Å². The van der Waals surface area contributed by atoms with E-state index in [1.807, 2.05) is 0 Å². The molecule has 27 heavy (non-hydrogen) atoms. The average Bonchev–Trinajstić information content (AvgIpc) is 3.03. The monoisotopic (exact) mass is 419 g/mol. The summed E-state index contributed by atoms with van der Waals surface area (Å²) < 4.78 is 40.5. The number of piperidine rings is 1. The molecule has 1 aliphatic heterocycles. The van der Waals surface area contributed by atoms with Crippen LogP contribution in [0.25, 0.3) is 10.2 Å². The van der Waals surface area contributed by atoms with Crippen molar-refractivity contribution in [2.24, 2.45) is 0 Å². The Bertz CT molecular complexity index is 877. The van der Waals surface area contributed by atoms with Crippen LogP contribution in [0.4, 0.5) is 18.0 Å². The molecule has 0 atom stereocenters. The van der Waals surface area contributed by atoms with Gasteiger partial charge in [-0.05, 0) is 18.9 Å². The van der Waals surface area contributed by atoms with Crippen LogP contribution in [-0.2, 0) is 6.18 Å². The lowest BCUT2D eigenvalue weighted by molar-refractivity contribution is -0.136. The number of carbonyl (C=O) groups is 2. The number of rotatable bonds is 3. The number of carboxylic acid groups (broad SMARTS) is 1. The molecule has 0 saturated carbocycles. The van der Waals surface area contributed by atoms with Crippen LogP contribution >= 0.6 is 23.1 Å². The number of nitrogens with zero attached hydrogens (tertiary/aromatic N) is 2. The van der Waals surface area contributed by atoms with Gasteiger partial charge in [0.2, 0.25) is 0 Å². The van der Waals surface area contributed by atoms with Gasteiger partial charge in [-0.1, -0.05) is 0 Å². The molecule has 1 saturated heterocycles. The summed E-state index contributed by atoms with van der Waals surface area (Å²) in [4.78, 5) is 28.5. The maximum Gasteiger partial charge on any atom is 0.417 e. The standard InChI is InChI=1S/C16H16F3N3O3S2/c1-20-14(23)9-7-26-13-10(16(17,18)19)6-11(21-12(9)13)27-8-2-4-22(5-3-8)15(24)25/h6-8H,2-5H2,1H3,(H,20,23)(H,24,25). The van der Waals surface area contributed by atoms with Crippen LogP contribution < -0.4 is 5.32 Å². The van der Waals surface area contributed by atoms with Crippen LogP contribution in [0.5, 0.6) is 0 Å². The van der Waals surface area contributed by atoms with Crippen molar-refractivity contribution in [2.45, 2.75) is 29.3 Å². The smallest absolute Gasteiger partial charge is 0.417 e. The van der Waals surface area contributed by atoms with Crippen LogP contribution in [0.3, 0.4) is 0 Å². The van der Waals surface area contributed by atoms with E-state index in [0.29, 0.717) is 25.9 Å². The Hall–Kier alpha value is -2.01. The number of nitrogens with one attached hydrogen (secondary N) is 1. The molecule has 146 valence electrons. The fourth-order valence-electron chi connectivity index (χ4n) is 2.89. The SMILES string of the molecule is CNC(=O)c1csc2c(C(F)(F)F)cc(SC3CCN(C(=O)O)CC3)nc12. The predicted molar refractivity (Wildman–Crippen MR) is 96.5 cm³/mol. The van der Waals surface area contributed by atoms with E-state index >= 15 is 0 Å². The van der Waals surface area contributed by atoms with E-state index in [9.17, 15) is 22.8 Å². The Morgan fingerprint density at radius 2 is 2.04 bits per heavy atom. The largest absolute Gasteiger partial charge is 0.465 e. The summed E-state index contributed by atoms with van der Waals surface area (Å²) in [6.07, 6.45) is -4.49. The highest BCUT2D eigenvalue weighted by Gasteiger charge is 2.35. The number of hydrogen-bond acceptors (Lipinski definition) is 5. The number of halogens is 3. The second-order valence-corrected chi connectivity index (χ2v) is 8.20. The molecule has 0 bridgehead atoms. The van der Waals surface area contributed by atoms with Crippen molar-refractivity contribution in [3.63, 3.8) is 0 Å². The molecule has 0 spiro atoms. The quantitative estimate of drug-likeness (QED) is 0.788. The van der Waals surface area contributed by atoms with Gasteiger partial charge in [0.1, 0.15) is 0 Å². The van der Waals surface area contributed by atoms with E-state index in [4.69, 9.17) is 5.11 Å². The minimum Gasteiger partial charge on any atom is -0.465 e. The molecule has 0 aromatic carbocycles. The molecule has 0 radical (unpaired) electrons. The Morgan fingerprint density at radius 3 is 2.59 bits per heavy atom. The molecular weight excluding hydrogens is 403 g/mol. The second-order valence-electron chi connectivity index (χ2n) is 6.00. The number of thiophene rings is 1. The molecule has 0 aliphatic carbocycles. The fourth-order valence-corrected chi connectivity index (χ4v) is 5.03. The van der Waals surface area contributed by atoms with Crippen molar-refractivity contribution in [1.29, 1.82) is 0 Å². The number of fused-ring (bicyclic) bond motifs is 1. The summed E-state index contributed by atoms with van der Waals surface area (Å²) in [5.74, 6) is -0.487. The van der Waals surface area contributed by atoms with E-state index < -0.39 is 23.7 Å². The molecule has 2 N–H and O–H groups in total. The minimum atomic E-state index is -4.56. The molecule has 1 aliphatic rings. The Labute approximate surface area is 160 Å². The zero-order valence-corrected chi connectivity index (χ0v) is 15.8. The normalized spacial score (nSPS) is 15.9. The molecule has 2 amide bonds. The lowest BCUT2D eigenvalue weighted by Gasteiger charge is -2.29. The van der Waals surface area contributed by atoms with Gasteiger partial charge in [0.05, 0.1) is 26.4 Å². The van der Waals surface area contributed by atoms with Gasteiger partial charge < -0.3 is 15.3 Å². The Balaban J connectivity index is 1.93. The van der Waals surface area contributed by atoms with E-state index in [-0.39, 0.29) is 26.1 Å². The third-order valence-electron chi connectivity index (χ3n) is 4.28. The van der Waals surface area contributed by atoms with Gasteiger partial charge in [0.15, 0.2) is 0 Å². The summed E-state index contributed by atoms with van der Waals surface area (Å²) in [5, 5.41) is 12.9. The first-order chi connectivity index (χ1) is 12.7. The third-order valence-corrected chi connectivity index (χ3v) is 6.53. The maximum atomic E-state index is 13.5. The van der Waals surface area contributed by atoms with Crippen LogP contribution in [0.15, 0.2) is 16.5 Å². The van der Waals surface area contributed by atoms with Gasteiger partial charge in [0, 0.05) is 30.8 Å². The average molecular weight is 419 g/mol. The van der Waals surface area contributed by atoms with E-state index in [1.165, 1.54) is 29.1 Å². The summed E-state index contributed by atoms with van der Waals surface area (Å²) in [7, 11) is 1.41. The molecule has 3 rings (SSSR count). The minimum absolute atomic E-state index is 0.0336. The lowest BCUT2D eigenvalue weighted by atomic mass is 10.1. The van der Waals surface area contributed by atoms with Crippen molar-refractivity contribution < 1.29 is 27.9 Å². The van der Waals surface area contributed by atoms with E-state index in [1.54, 1.807) is 0 Å². The summed E-state index contributed by atoms with van der Waals surface area (Å²) in [6.45, 7) is 0.673. The molecule has 2 aromatic heterocycles. The number of thioether (sulfide) groups is 1. The molecule has 6 nitrogen and oxygen atoms in total. The zero-order valence-electron chi connectivity index (χ0n) is 14.2. The van der Waals surface area contributed by atoms with Crippen molar-refractivity contribution in [2.75, 3.05) is 20.1 Å². The van der Waals surface area contributed by atoms with Gasteiger partial charge in [-0.15, -0.1) is 23.1 Å². The van der Waals surface area contributed by atoms with E-state index in [0.717, 1.165) is 17.4 Å². The van der Waals surface area contributed by atoms with Crippen molar-refractivity contribution in [3.05, 3.63) is 22.6 Å². The number of hydrogen-bond donors (Lipinski definition) is 2. The van der Waals surface area contributed by atoms with Gasteiger partial charge in [-0.25, -0.2) is 9.78 Å². The molecule has 3 heterocycles. The van der Waals surface area contributed by atoms with E-state index in [2.05, 4.69) is 10.3 Å². The van der Waals surface area contributed by atoms with Gasteiger partial charge >= 0.3 is 12.3 Å². The zero-order chi connectivity index (χ0) is 19.8. The van der Waals surface area contributed by atoms with Crippen LogP contribution in [0, 0.1) is 0 Å². The highest BCUT2D eigenvalue weighted by atomic mass is 32.2. The number of alkyl halides is 3. The molecule has 0 unspecified atom stereocenters. The highest BCUT2D eigenvalue weighted by Crippen LogP contribution is 2.41. The molecular formula is C16H16F3N3O3S2. The third kappa shape index (κ3) is 4.13. The van der Waals surface area contributed by atoms with Crippen LogP contribution in [-0.4, -0.2) is 52.4 Å². The number of likely N-dealkylation sites (tertiary alicyclic amines) is 1. The number of carbonyl (C=O) groups excluding carboxylic acids is 1. The Kier molecular flexibility index (Phi) is 5.52. The number of aromatic nitrogens is 1. The van der Waals surface area contributed by atoms with Crippen LogP contribution in [0.2, 0.25) is 0 Å². The summed E-state index contributed by atoms with van der Waals surface area (Å²) in [5.41, 5.74) is -0.649. The second kappa shape index (κ2) is 7.55. The van der Waals surface area contributed by atoms with Gasteiger partial charge in [-0.3, -0.25) is 4.79 Å². The Morgan fingerprint density at radius 1 is 1.37 bits per heavy atom. The van der Waals surface area contributed by atoms with Gasteiger partial charge in [0.25, 0.3) is 5.91 Å².